The summed E-state index contributed by atoms with van der Waals surface area (Å²) in [6, 6.07) is 19.7. The first-order valence-electron chi connectivity index (χ1n) is 7.27. The van der Waals surface area contributed by atoms with Crippen molar-refractivity contribution in [2.45, 2.75) is 0 Å². The molecule has 4 rings (SSSR count). The molecule has 0 N–H and O–H groups in total. The Hall–Kier alpha value is -3.21. The average Bonchev–Trinajstić information content (AvgIpc) is 3.06. The Balaban J connectivity index is 1.92. The van der Waals surface area contributed by atoms with Gasteiger partial charge >= 0.3 is 0 Å². The molecule has 0 atom stereocenters. The highest BCUT2D eigenvalue weighted by Crippen LogP contribution is 2.28. The fourth-order valence-corrected chi connectivity index (χ4v) is 2.57. The number of nitrogens with zero attached hydrogens (tertiary/aromatic N) is 4. The van der Waals surface area contributed by atoms with Crippen molar-refractivity contribution in [2.75, 3.05) is 7.11 Å². The van der Waals surface area contributed by atoms with E-state index in [4.69, 9.17) is 4.74 Å². The van der Waals surface area contributed by atoms with Crippen molar-refractivity contribution in [3.63, 3.8) is 0 Å². The summed E-state index contributed by atoms with van der Waals surface area (Å²) < 4.78 is 7.16. The summed E-state index contributed by atoms with van der Waals surface area (Å²) in [5.41, 5.74) is 2.86. The Kier molecular flexibility index (Phi) is 3.24. The number of hydrogen-bond acceptors (Lipinski definition) is 4. The Labute approximate surface area is 133 Å². The third-order valence-corrected chi connectivity index (χ3v) is 3.66. The van der Waals surface area contributed by atoms with Gasteiger partial charge < -0.3 is 4.74 Å². The van der Waals surface area contributed by atoms with Crippen LogP contribution in [0, 0.1) is 0 Å². The Morgan fingerprint density at radius 2 is 1.70 bits per heavy atom. The summed E-state index contributed by atoms with van der Waals surface area (Å²) in [4.78, 5) is 8.86. The van der Waals surface area contributed by atoms with Crippen molar-refractivity contribution in [1.29, 1.82) is 0 Å². The standard InChI is InChI=1S/C18H14N4O/c1-23-16-10-6-5-9-14(16)17-20-18-19-12-11-15(22(18)21-17)13-7-3-2-4-8-13/h2-12H,1H3. The van der Waals surface area contributed by atoms with Crippen LogP contribution in [0.4, 0.5) is 0 Å². The molecule has 0 aliphatic rings. The van der Waals surface area contributed by atoms with Crippen molar-refractivity contribution in [1.82, 2.24) is 19.6 Å². The Bertz CT molecular complexity index is 963. The average molecular weight is 302 g/mol. The van der Waals surface area contributed by atoms with E-state index < -0.39 is 0 Å². The van der Waals surface area contributed by atoms with Crippen molar-refractivity contribution in [3.05, 3.63) is 66.9 Å². The zero-order chi connectivity index (χ0) is 15.6. The van der Waals surface area contributed by atoms with Gasteiger partial charge in [0.05, 0.1) is 18.4 Å². The van der Waals surface area contributed by atoms with E-state index in [0.29, 0.717) is 11.6 Å². The topological polar surface area (TPSA) is 52.3 Å². The van der Waals surface area contributed by atoms with E-state index in [0.717, 1.165) is 22.6 Å². The first-order chi connectivity index (χ1) is 11.4. The molecule has 0 saturated carbocycles. The molecular formula is C18H14N4O. The van der Waals surface area contributed by atoms with Crippen molar-refractivity contribution >= 4 is 5.78 Å². The number of ether oxygens (including phenoxy) is 1. The van der Waals surface area contributed by atoms with E-state index in [9.17, 15) is 0 Å². The molecule has 0 unspecified atom stereocenters. The molecule has 2 heterocycles. The molecule has 2 aromatic heterocycles. The van der Waals surface area contributed by atoms with Crippen LogP contribution in [0.2, 0.25) is 0 Å². The highest BCUT2D eigenvalue weighted by Gasteiger charge is 2.14. The summed E-state index contributed by atoms with van der Waals surface area (Å²) in [7, 11) is 1.64. The van der Waals surface area contributed by atoms with Crippen LogP contribution in [0.25, 0.3) is 28.4 Å². The van der Waals surface area contributed by atoms with Gasteiger partial charge in [-0.3, -0.25) is 0 Å². The fraction of sp³-hybridized carbons (Fsp3) is 0.0556. The maximum absolute atomic E-state index is 5.40. The number of hydrogen-bond donors (Lipinski definition) is 0. The maximum atomic E-state index is 5.40. The van der Waals surface area contributed by atoms with Gasteiger partial charge in [0.15, 0.2) is 5.82 Å². The van der Waals surface area contributed by atoms with E-state index >= 15 is 0 Å². The second-order valence-corrected chi connectivity index (χ2v) is 5.04. The molecule has 5 heteroatoms. The lowest BCUT2D eigenvalue weighted by atomic mass is 10.1. The molecule has 4 aromatic rings. The van der Waals surface area contributed by atoms with Gasteiger partial charge in [-0.25, -0.2) is 4.98 Å². The number of methoxy groups -OCH3 is 1. The first-order valence-corrected chi connectivity index (χ1v) is 7.27. The third kappa shape index (κ3) is 2.32. The van der Waals surface area contributed by atoms with E-state index in [1.54, 1.807) is 17.8 Å². The number of aromatic nitrogens is 4. The smallest absolute Gasteiger partial charge is 0.253 e. The molecule has 0 saturated heterocycles. The quantitative estimate of drug-likeness (QED) is 0.581. The minimum Gasteiger partial charge on any atom is -0.496 e. The lowest BCUT2D eigenvalue weighted by Gasteiger charge is -2.04. The molecule has 2 aromatic carbocycles. The fourth-order valence-electron chi connectivity index (χ4n) is 2.57. The molecule has 5 nitrogen and oxygen atoms in total. The van der Waals surface area contributed by atoms with Crippen molar-refractivity contribution in [2.24, 2.45) is 0 Å². The van der Waals surface area contributed by atoms with Crippen molar-refractivity contribution < 1.29 is 4.74 Å². The first kappa shape index (κ1) is 13.5. The van der Waals surface area contributed by atoms with Crippen molar-refractivity contribution in [3.8, 4) is 28.4 Å². The van der Waals surface area contributed by atoms with Gasteiger partial charge in [0.1, 0.15) is 5.75 Å². The summed E-state index contributed by atoms with van der Waals surface area (Å²) >= 11 is 0. The molecule has 0 radical (unpaired) electrons. The second kappa shape index (κ2) is 5.53. The lowest BCUT2D eigenvalue weighted by Crippen LogP contribution is -1.95. The summed E-state index contributed by atoms with van der Waals surface area (Å²) in [5, 5.41) is 4.63. The van der Waals surface area contributed by atoms with Gasteiger partial charge in [0, 0.05) is 11.8 Å². The molecule has 23 heavy (non-hydrogen) atoms. The Morgan fingerprint density at radius 1 is 0.913 bits per heavy atom. The number of rotatable bonds is 3. The Morgan fingerprint density at radius 3 is 2.52 bits per heavy atom. The normalized spacial score (nSPS) is 10.8. The molecule has 0 aliphatic carbocycles. The summed E-state index contributed by atoms with van der Waals surface area (Å²) in [5.74, 6) is 1.90. The van der Waals surface area contributed by atoms with Crippen LogP contribution in [-0.2, 0) is 0 Å². The predicted molar refractivity (Wildman–Crippen MR) is 88.2 cm³/mol. The highest BCUT2D eigenvalue weighted by atomic mass is 16.5. The molecule has 0 spiro atoms. The molecule has 112 valence electrons. The molecule has 0 fully saturated rings. The molecule has 0 amide bonds. The highest BCUT2D eigenvalue weighted by molar-refractivity contribution is 5.67. The number of fused-ring (bicyclic) bond motifs is 1. The van der Waals surface area contributed by atoms with E-state index in [1.165, 1.54) is 0 Å². The van der Waals surface area contributed by atoms with Crippen LogP contribution in [0.5, 0.6) is 5.75 Å². The number of benzene rings is 2. The second-order valence-electron chi connectivity index (χ2n) is 5.04. The van der Waals surface area contributed by atoms with Gasteiger partial charge in [-0.1, -0.05) is 42.5 Å². The van der Waals surface area contributed by atoms with Crippen LogP contribution in [0.1, 0.15) is 0 Å². The minimum atomic E-state index is 0.562. The summed E-state index contributed by atoms with van der Waals surface area (Å²) in [6.45, 7) is 0. The third-order valence-electron chi connectivity index (χ3n) is 3.66. The van der Waals surface area contributed by atoms with Crippen LogP contribution in [0.3, 0.4) is 0 Å². The van der Waals surface area contributed by atoms with Gasteiger partial charge in [0.25, 0.3) is 5.78 Å². The lowest BCUT2D eigenvalue weighted by molar-refractivity contribution is 0.416. The van der Waals surface area contributed by atoms with Gasteiger partial charge in [-0.15, -0.1) is 5.10 Å². The maximum Gasteiger partial charge on any atom is 0.253 e. The monoisotopic (exact) mass is 302 g/mol. The zero-order valence-electron chi connectivity index (χ0n) is 12.5. The van der Waals surface area contributed by atoms with Gasteiger partial charge in [-0.05, 0) is 18.2 Å². The SMILES string of the molecule is COc1ccccc1-c1nc2nccc(-c3ccccc3)n2n1. The van der Waals surface area contributed by atoms with Crippen LogP contribution >= 0.6 is 0 Å². The molecule has 0 aliphatic heterocycles. The van der Waals surface area contributed by atoms with Crippen LogP contribution in [-0.4, -0.2) is 26.7 Å². The predicted octanol–water partition coefficient (Wildman–Crippen LogP) is 3.47. The van der Waals surface area contributed by atoms with Crippen LogP contribution in [0.15, 0.2) is 66.9 Å². The van der Waals surface area contributed by atoms with Gasteiger partial charge in [0.2, 0.25) is 0 Å². The zero-order valence-corrected chi connectivity index (χ0v) is 12.5. The largest absolute Gasteiger partial charge is 0.496 e. The number of para-hydroxylation sites is 1. The molecular weight excluding hydrogens is 288 g/mol. The van der Waals surface area contributed by atoms with E-state index in [-0.39, 0.29) is 0 Å². The van der Waals surface area contributed by atoms with E-state index in [1.807, 2.05) is 60.7 Å². The van der Waals surface area contributed by atoms with Gasteiger partial charge in [-0.2, -0.15) is 9.50 Å². The summed E-state index contributed by atoms with van der Waals surface area (Å²) in [6.07, 6.45) is 1.75. The van der Waals surface area contributed by atoms with E-state index in [2.05, 4.69) is 15.1 Å². The minimum absolute atomic E-state index is 0.562. The molecule has 0 bridgehead atoms. The van der Waals surface area contributed by atoms with Crippen LogP contribution < -0.4 is 4.74 Å².